The van der Waals surface area contributed by atoms with Crippen LogP contribution in [0, 0.1) is 17.7 Å². The molecule has 0 unspecified atom stereocenters. The number of amides is 1. The van der Waals surface area contributed by atoms with Gasteiger partial charge in [-0.25, -0.2) is 9.37 Å². The molecular formula is C15H11ClFN3O. The van der Waals surface area contributed by atoms with Crippen molar-refractivity contribution >= 4 is 23.2 Å². The Balaban J connectivity index is 2.22. The zero-order chi connectivity index (χ0) is 15.2. The number of nitrogens with one attached hydrogen (secondary N) is 1. The molecule has 2 rings (SSSR count). The van der Waals surface area contributed by atoms with Gasteiger partial charge < -0.3 is 11.1 Å². The molecule has 1 aromatic heterocycles. The molecule has 0 aliphatic heterocycles. The fourth-order valence-electron chi connectivity index (χ4n) is 1.55. The molecule has 0 saturated carbocycles. The van der Waals surface area contributed by atoms with Crippen LogP contribution in [-0.2, 0) is 0 Å². The number of halogens is 2. The van der Waals surface area contributed by atoms with E-state index in [0.717, 1.165) is 12.3 Å². The van der Waals surface area contributed by atoms with Gasteiger partial charge >= 0.3 is 0 Å². The lowest BCUT2D eigenvalue weighted by Gasteiger charge is -2.07. The van der Waals surface area contributed by atoms with Gasteiger partial charge in [-0.3, -0.25) is 4.79 Å². The molecule has 0 saturated heterocycles. The van der Waals surface area contributed by atoms with Gasteiger partial charge in [-0.15, -0.1) is 0 Å². The molecule has 1 aromatic carbocycles. The molecule has 0 aliphatic carbocycles. The Morgan fingerprint density at radius 3 is 2.86 bits per heavy atom. The molecule has 3 N–H and O–H groups in total. The van der Waals surface area contributed by atoms with E-state index in [1.54, 1.807) is 18.2 Å². The van der Waals surface area contributed by atoms with E-state index in [1.807, 2.05) is 0 Å². The van der Waals surface area contributed by atoms with Crippen molar-refractivity contribution in [2.45, 2.75) is 0 Å². The third-order valence-corrected chi connectivity index (χ3v) is 2.84. The first-order valence-electron chi connectivity index (χ1n) is 6.01. The summed E-state index contributed by atoms with van der Waals surface area (Å²) in [7, 11) is 0. The average molecular weight is 304 g/mol. The van der Waals surface area contributed by atoms with Gasteiger partial charge in [0.1, 0.15) is 11.5 Å². The number of carbonyl (C=O) groups excluding carboxylic acids is 1. The van der Waals surface area contributed by atoms with Gasteiger partial charge in [0.15, 0.2) is 0 Å². The molecule has 0 spiro atoms. The lowest BCUT2D eigenvalue weighted by Crippen LogP contribution is -2.14. The monoisotopic (exact) mass is 303 g/mol. The molecule has 1 heterocycles. The van der Waals surface area contributed by atoms with Crippen LogP contribution in [0.2, 0.25) is 5.02 Å². The van der Waals surface area contributed by atoms with Gasteiger partial charge in [0, 0.05) is 5.56 Å². The maximum absolute atomic E-state index is 12.8. The molecule has 2 aromatic rings. The minimum absolute atomic E-state index is 0.0888. The van der Waals surface area contributed by atoms with E-state index in [1.165, 1.54) is 6.07 Å². The van der Waals surface area contributed by atoms with Gasteiger partial charge in [-0.1, -0.05) is 23.4 Å². The van der Waals surface area contributed by atoms with Crippen LogP contribution < -0.4 is 11.1 Å². The van der Waals surface area contributed by atoms with Crippen molar-refractivity contribution in [1.29, 1.82) is 0 Å². The summed E-state index contributed by atoms with van der Waals surface area (Å²) in [5.74, 6) is 4.56. The van der Waals surface area contributed by atoms with Crippen LogP contribution in [0.4, 0.5) is 10.1 Å². The Hall–Kier alpha value is -2.42. The summed E-state index contributed by atoms with van der Waals surface area (Å²) in [6, 6.07) is 7.42. The van der Waals surface area contributed by atoms with Crippen LogP contribution in [-0.4, -0.2) is 17.4 Å². The fourth-order valence-corrected chi connectivity index (χ4v) is 1.71. The maximum atomic E-state index is 12.8. The molecule has 0 radical (unpaired) electrons. The van der Waals surface area contributed by atoms with E-state index in [9.17, 15) is 9.18 Å². The van der Waals surface area contributed by atoms with E-state index in [0.29, 0.717) is 16.3 Å². The Morgan fingerprint density at radius 1 is 1.38 bits per heavy atom. The third kappa shape index (κ3) is 4.02. The van der Waals surface area contributed by atoms with Crippen LogP contribution in [0.15, 0.2) is 36.5 Å². The largest absolute Gasteiger partial charge is 0.320 e. The third-order valence-electron chi connectivity index (χ3n) is 2.51. The topological polar surface area (TPSA) is 68.0 Å². The van der Waals surface area contributed by atoms with Gasteiger partial charge in [-0.05, 0) is 30.3 Å². The number of hydrogen-bond donors (Lipinski definition) is 2. The van der Waals surface area contributed by atoms with Crippen molar-refractivity contribution in [3.05, 3.63) is 58.6 Å². The first kappa shape index (κ1) is 15.0. The first-order valence-corrected chi connectivity index (χ1v) is 6.39. The summed E-state index contributed by atoms with van der Waals surface area (Å²) in [5, 5.41) is 2.97. The summed E-state index contributed by atoms with van der Waals surface area (Å²) in [6.45, 7) is 0.240. The number of aromatic nitrogens is 1. The van der Waals surface area contributed by atoms with Crippen molar-refractivity contribution in [2.75, 3.05) is 11.9 Å². The second-order valence-electron chi connectivity index (χ2n) is 4.02. The summed E-state index contributed by atoms with van der Waals surface area (Å²) in [6.07, 6.45) is 0.972. The molecule has 6 heteroatoms. The maximum Gasteiger partial charge on any atom is 0.274 e. The Kier molecular flexibility index (Phi) is 4.88. The van der Waals surface area contributed by atoms with E-state index in [2.05, 4.69) is 22.1 Å². The number of hydrogen-bond acceptors (Lipinski definition) is 3. The van der Waals surface area contributed by atoms with Gasteiger partial charge in [0.25, 0.3) is 5.91 Å². The highest BCUT2D eigenvalue weighted by Crippen LogP contribution is 2.23. The number of carbonyl (C=O) groups is 1. The molecule has 4 nitrogen and oxygen atoms in total. The zero-order valence-electron chi connectivity index (χ0n) is 10.9. The number of benzene rings is 1. The van der Waals surface area contributed by atoms with Crippen LogP contribution in [0.1, 0.15) is 16.1 Å². The van der Waals surface area contributed by atoms with Gasteiger partial charge in [0.05, 0.1) is 23.5 Å². The van der Waals surface area contributed by atoms with E-state index >= 15 is 0 Å². The molecule has 21 heavy (non-hydrogen) atoms. The summed E-state index contributed by atoms with van der Waals surface area (Å²) in [5.41, 5.74) is 6.47. The lowest BCUT2D eigenvalue weighted by molar-refractivity contribution is 0.102. The van der Waals surface area contributed by atoms with Crippen molar-refractivity contribution in [2.24, 2.45) is 5.73 Å². The molecule has 0 aliphatic rings. The highest BCUT2D eigenvalue weighted by Gasteiger charge is 2.10. The zero-order valence-corrected chi connectivity index (χ0v) is 11.6. The highest BCUT2D eigenvalue weighted by molar-refractivity contribution is 6.34. The van der Waals surface area contributed by atoms with Crippen LogP contribution in [0.5, 0.6) is 0 Å². The van der Waals surface area contributed by atoms with E-state index in [-0.39, 0.29) is 12.2 Å². The number of nitrogens with zero attached hydrogens (tertiary/aromatic N) is 1. The second-order valence-corrected chi connectivity index (χ2v) is 4.42. The lowest BCUT2D eigenvalue weighted by atomic mass is 10.2. The van der Waals surface area contributed by atoms with Gasteiger partial charge in [0.2, 0.25) is 0 Å². The quantitative estimate of drug-likeness (QED) is 0.837. The standard InChI is InChI=1S/C15H11ClFN3O/c16-12-5-3-10(2-1-7-18)8-14(12)20-15(21)13-6-4-11(17)9-19-13/h3-6,8-9H,7,18H2,(H,20,21). The highest BCUT2D eigenvalue weighted by atomic mass is 35.5. The predicted octanol–water partition coefficient (Wildman–Crippen LogP) is 2.44. The number of nitrogens with two attached hydrogens (primary N) is 1. The normalized spacial score (nSPS) is 9.67. The molecule has 0 bridgehead atoms. The van der Waals surface area contributed by atoms with Crippen molar-refractivity contribution < 1.29 is 9.18 Å². The Bertz CT molecular complexity index is 720. The molecule has 0 atom stereocenters. The molecule has 106 valence electrons. The molecule has 1 amide bonds. The van der Waals surface area contributed by atoms with Crippen molar-refractivity contribution in [3.8, 4) is 11.8 Å². The summed E-state index contributed by atoms with van der Waals surface area (Å²) < 4.78 is 12.8. The number of rotatable bonds is 2. The molecular weight excluding hydrogens is 293 g/mol. The minimum Gasteiger partial charge on any atom is -0.320 e. The molecule has 0 fully saturated rings. The first-order chi connectivity index (χ1) is 10.1. The van der Waals surface area contributed by atoms with Crippen molar-refractivity contribution in [3.63, 3.8) is 0 Å². The fraction of sp³-hybridized carbons (Fsp3) is 0.0667. The minimum atomic E-state index is -0.511. The number of anilines is 1. The van der Waals surface area contributed by atoms with E-state index in [4.69, 9.17) is 17.3 Å². The van der Waals surface area contributed by atoms with Crippen LogP contribution in [0.25, 0.3) is 0 Å². The van der Waals surface area contributed by atoms with Gasteiger partial charge in [-0.2, -0.15) is 0 Å². The SMILES string of the molecule is NCC#Cc1ccc(Cl)c(NC(=O)c2ccc(F)cn2)c1. The summed E-state index contributed by atoms with van der Waals surface area (Å²) >= 11 is 6.02. The average Bonchev–Trinajstić information content (AvgIpc) is 2.48. The van der Waals surface area contributed by atoms with Crippen LogP contribution >= 0.6 is 11.6 Å². The summed E-state index contributed by atoms with van der Waals surface area (Å²) in [4.78, 5) is 15.7. The van der Waals surface area contributed by atoms with E-state index < -0.39 is 11.7 Å². The Morgan fingerprint density at radius 2 is 2.19 bits per heavy atom. The van der Waals surface area contributed by atoms with Crippen LogP contribution in [0.3, 0.4) is 0 Å². The predicted molar refractivity (Wildman–Crippen MR) is 79.5 cm³/mol. The second kappa shape index (κ2) is 6.84. The smallest absolute Gasteiger partial charge is 0.274 e. The van der Waals surface area contributed by atoms with Crippen molar-refractivity contribution in [1.82, 2.24) is 4.98 Å². The number of pyridine rings is 1. The Labute approximate surface area is 126 Å².